The van der Waals surface area contributed by atoms with Crippen LogP contribution in [0.4, 0.5) is 0 Å². The molecule has 0 N–H and O–H groups in total. The van der Waals surface area contributed by atoms with E-state index in [1.165, 1.54) is 0 Å². The number of nitrogens with zero attached hydrogens (tertiary/aromatic N) is 2. The summed E-state index contributed by atoms with van der Waals surface area (Å²) < 4.78 is 0. The van der Waals surface area contributed by atoms with Gasteiger partial charge in [0.2, 0.25) is 0 Å². The molecule has 2 aliphatic heterocycles. The zero-order valence-electron chi connectivity index (χ0n) is 13.9. The molecule has 2 heterocycles. The van der Waals surface area contributed by atoms with Gasteiger partial charge in [0.25, 0.3) is 11.8 Å². The average molecular weight is 320 g/mol. The average Bonchev–Trinajstić information content (AvgIpc) is 3.52. The Morgan fingerprint density at radius 1 is 0.708 bits per heavy atom. The maximum atomic E-state index is 12.2. The number of carbonyl (C=O) groups excluding carboxylic acids is 2. The normalized spacial score (nSPS) is 21.6. The van der Waals surface area contributed by atoms with Gasteiger partial charge in [0.1, 0.15) is 0 Å². The van der Waals surface area contributed by atoms with Crippen LogP contribution in [0.2, 0.25) is 0 Å². The Morgan fingerprint density at radius 2 is 1.00 bits per heavy atom. The van der Waals surface area contributed by atoms with Gasteiger partial charge in [-0.3, -0.25) is 9.59 Å². The Kier molecular flexibility index (Phi) is 3.41. The van der Waals surface area contributed by atoms with Crippen molar-refractivity contribution in [1.82, 2.24) is 9.80 Å². The fourth-order valence-corrected chi connectivity index (χ4v) is 2.98. The van der Waals surface area contributed by atoms with E-state index in [9.17, 15) is 9.59 Å². The summed E-state index contributed by atoms with van der Waals surface area (Å²) in [6.45, 7) is 5.81. The molecule has 2 fully saturated rings. The molecular weight excluding hydrogens is 300 g/mol. The number of benzene rings is 2. The molecule has 0 aromatic heterocycles. The summed E-state index contributed by atoms with van der Waals surface area (Å²) in [4.78, 5) is 28.0. The Bertz CT molecular complexity index is 726. The van der Waals surface area contributed by atoms with Gasteiger partial charge in [0.15, 0.2) is 0 Å². The van der Waals surface area contributed by atoms with Crippen LogP contribution in [0.25, 0.3) is 11.1 Å². The molecule has 0 bridgehead atoms. The fraction of sp³-hybridized carbons (Fsp3) is 0.300. The summed E-state index contributed by atoms with van der Waals surface area (Å²) in [7, 11) is 0. The largest absolute Gasteiger partial charge is 0.332 e. The van der Waals surface area contributed by atoms with Gasteiger partial charge in [0.05, 0.1) is 0 Å². The molecule has 4 heteroatoms. The second kappa shape index (κ2) is 5.48. The van der Waals surface area contributed by atoms with Gasteiger partial charge in [-0.1, -0.05) is 24.3 Å². The summed E-state index contributed by atoms with van der Waals surface area (Å²) in [5.74, 6) is 0.199. The van der Waals surface area contributed by atoms with Crippen molar-refractivity contribution < 1.29 is 9.59 Å². The summed E-state index contributed by atoms with van der Waals surface area (Å²) in [5.41, 5.74) is 3.55. The molecular formula is C20H20N2O2. The molecule has 2 aromatic carbocycles. The minimum atomic E-state index is 0.0996. The summed E-state index contributed by atoms with van der Waals surface area (Å²) in [6, 6.07) is 16.1. The number of amides is 2. The van der Waals surface area contributed by atoms with E-state index in [1.807, 2.05) is 72.2 Å². The summed E-state index contributed by atoms with van der Waals surface area (Å²) in [5, 5.41) is 0. The monoisotopic (exact) mass is 320 g/mol. The van der Waals surface area contributed by atoms with E-state index in [1.54, 1.807) is 0 Å². The maximum absolute atomic E-state index is 12.2. The first-order valence-corrected chi connectivity index (χ1v) is 8.37. The van der Waals surface area contributed by atoms with E-state index in [0.29, 0.717) is 12.1 Å². The molecule has 0 saturated carbocycles. The van der Waals surface area contributed by atoms with E-state index >= 15 is 0 Å². The lowest BCUT2D eigenvalue weighted by Gasteiger charge is -2.07. The topological polar surface area (TPSA) is 40.2 Å². The van der Waals surface area contributed by atoms with Crippen LogP contribution in [0, 0.1) is 0 Å². The van der Waals surface area contributed by atoms with Crippen LogP contribution in [0.5, 0.6) is 0 Å². The van der Waals surface area contributed by atoms with Crippen molar-refractivity contribution in [3.8, 4) is 11.1 Å². The fourth-order valence-electron chi connectivity index (χ4n) is 2.98. The smallest absolute Gasteiger partial charge is 0.254 e. The first-order valence-electron chi connectivity index (χ1n) is 8.37. The van der Waals surface area contributed by atoms with Crippen LogP contribution in [0.15, 0.2) is 48.5 Å². The minimum absolute atomic E-state index is 0.0996. The predicted octanol–water partition coefficient (Wildman–Crippen LogP) is 3.04. The Labute approximate surface area is 141 Å². The van der Waals surface area contributed by atoms with Crippen molar-refractivity contribution >= 4 is 11.8 Å². The maximum Gasteiger partial charge on any atom is 0.254 e. The molecule has 4 rings (SSSR count). The first-order chi connectivity index (χ1) is 11.5. The van der Waals surface area contributed by atoms with E-state index in [2.05, 4.69) is 0 Å². The third-order valence-corrected chi connectivity index (χ3v) is 4.84. The van der Waals surface area contributed by atoms with Crippen LogP contribution >= 0.6 is 0 Å². The van der Waals surface area contributed by atoms with Crippen LogP contribution in [0.3, 0.4) is 0 Å². The number of carbonyl (C=O) groups is 2. The molecule has 122 valence electrons. The van der Waals surface area contributed by atoms with Crippen molar-refractivity contribution in [3.63, 3.8) is 0 Å². The van der Waals surface area contributed by atoms with E-state index < -0.39 is 0 Å². The highest BCUT2D eigenvalue weighted by Crippen LogP contribution is 2.25. The molecule has 2 atom stereocenters. The van der Waals surface area contributed by atoms with Gasteiger partial charge in [-0.2, -0.15) is 0 Å². The van der Waals surface area contributed by atoms with Crippen LogP contribution in [-0.4, -0.2) is 46.8 Å². The summed E-state index contributed by atoms with van der Waals surface area (Å²) in [6.07, 6.45) is 0. The highest BCUT2D eigenvalue weighted by molar-refractivity contribution is 5.97. The van der Waals surface area contributed by atoms with Crippen molar-refractivity contribution in [2.45, 2.75) is 25.9 Å². The Balaban J connectivity index is 1.49. The first kappa shape index (κ1) is 14.9. The van der Waals surface area contributed by atoms with Crippen LogP contribution in [-0.2, 0) is 0 Å². The number of hydrogen-bond acceptors (Lipinski definition) is 2. The SMILES string of the molecule is C[C@H]1CN1C(=O)c1ccc(-c2ccc(C(=O)N3C[C@@H]3C)cc2)cc1. The van der Waals surface area contributed by atoms with Crippen molar-refractivity contribution in [2.24, 2.45) is 0 Å². The third-order valence-electron chi connectivity index (χ3n) is 4.84. The quantitative estimate of drug-likeness (QED) is 0.816. The van der Waals surface area contributed by atoms with Gasteiger partial charge in [-0.05, 0) is 49.2 Å². The standard InChI is InChI=1S/C20H20N2O2/c1-13-11-21(13)19(23)17-7-3-15(4-8-17)16-5-9-18(10-6-16)20(24)22-12-14(22)2/h3-10,13-14H,11-12H2,1-2H3/t13-,14-,21?,22?/m0/s1. The lowest BCUT2D eigenvalue weighted by Crippen LogP contribution is -2.12. The highest BCUT2D eigenvalue weighted by Gasteiger charge is 2.35. The zero-order valence-corrected chi connectivity index (χ0v) is 13.9. The zero-order chi connectivity index (χ0) is 16.8. The van der Waals surface area contributed by atoms with E-state index in [4.69, 9.17) is 0 Å². The molecule has 24 heavy (non-hydrogen) atoms. The second-order valence-electron chi connectivity index (χ2n) is 6.77. The van der Waals surface area contributed by atoms with E-state index in [0.717, 1.165) is 35.3 Å². The van der Waals surface area contributed by atoms with Crippen LogP contribution < -0.4 is 0 Å². The molecule has 2 saturated heterocycles. The lowest BCUT2D eigenvalue weighted by atomic mass is 10.0. The van der Waals surface area contributed by atoms with Crippen LogP contribution in [0.1, 0.15) is 34.6 Å². The number of hydrogen-bond donors (Lipinski definition) is 0. The van der Waals surface area contributed by atoms with Gasteiger partial charge in [-0.25, -0.2) is 0 Å². The van der Waals surface area contributed by atoms with E-state index in [-0.39, 0.29) is 11.8 Å². The number of rotatable bonds is 3. The van der Waals surface area contributed by atoms with Gasteiger partial charge >= 0.3 is 0 Å². The lowest BCUT2D eigenvalue weighted by molar-refractivity contribution is 0.0868. The Hall–Kier alpha value is -2.62. The van der Waals surface area contributed by atoms with Gasteiger partial charge in [-0.15, -0.1) is 0 Å². The van der Waals surface area contributed by atoms with Gasteiger partial charge in [0, 0.05) is 36.3 Å². The second-order valence-corrected chi connectivity index (χ2v) is 6.77. The Morgan fingerprint density at radius 3 is 1.25 bits per heavy atom. The highest BCUT2D eigenvalue weighted by atomic mass is 16.2. The summed E-state index contributed by atoms with van der Waals surface area (Å²) >= 11 is 0. The molecule has 0 unspecified atom stereocenters. The molecule has 2 amide bonds. The molecule has 0 spiro atoms. The third kappa shape index (κ3) is 2.68. The predicted molar refractivity (Wildman–Crippen MR) is 92.9 cm³/mol. The molecule has 0 radical (unpaired) electrons. The van der Waals surface area contributed by atoms with Gasteiger partial charge < -0.3 is 9.80 Å². The molecule has 2 aliphatic rings. The van der Waals surface area contributed by atoms with Crippen molar-refractivity contribution in [1.29, 1.82) is 0 Å². The molecule has 0 aliphatic carbocycles. The van der Waals surface area contributed by atoms with Crippen molar-refractivity contribution in [3.05, 3.63) is 59.7 Å². The van der Waals surface area contributed by atoms with Crippen molar-refractivity contribution in [2.75, 3.05) is 13.1 Å². The molecule has 4 nitrogen and oxygen atoms in total. The molecule has 2 aromatic rings. The minimum Gasteiger partial charge on any atom is -0.332 e.